The van der Waals surface area contributed by atoms with Crippen LogP contribution in [-0.4, -0.2) is 29.7 Å². The van der Waals surface area contributed by atoms with E-state index in [9.17, 15) is 10.2 Å². The molecular weight excluding hydrogens is 353 g/mol. The number of nitrogen functional groups attached to an aromatic ring is 1. The number of halogens is 3. The molecule has 2 aromatic rings. The molecule has 0 bridgehead atoms. The van der Waals surface area contributed by atoms with Gasteiger partial charge in [0, 0.05) is 0 Å². The van der Waals surface area contributed by atoms with E-state index in [2.05, 4.69) is 4.98 Å². The molecule has 4 nitrogen and oxygen atoms in total. The van der Waals surface area contributed by atoms with Crippen LogP contribution >= 0.6 is 34.8 Å². The molecule has 0 saturated heterocycles. The van der Waals surface area contributed by atoms with Crippen LogP contribution < -0.4 is 5.73 Å². The van der Waals surface area contributed by atoms with E-state index in [0.29, 0.717) is 9.13 Å². The number of anilines is 1. The normalized spacial score (nSPS) is 10.8. The molecule has 0 aliphatic carbocycles. The molecule has 0 atom stereocenters. The number of rotatable bonds is 1. The van der Waals surface area contributed by atoms with Crippen molar-refractivity contribution in [3.8, 4) is 21.5 Å². The first-order chi connectivity index (χ1) is 7.93. The van der Waals surface area contributed by atoms with Crippen molar-refractivity contribution < 1.29 is 10.2 Å². The Morgan fingerprint density at radius 2 is 1.65 bits per heavy atom. The van der Waals surface area contributed by atoms with Gasteiger partial charge in [-0.1, -0.05) is 0 Å². The van der Waals surface area contributed by atoms with E-state index >= 15 is 0 Å². The van der Waals surface area contributed by atoms with E-state index < -0.39 is 0 Å². The van der Waals surface area contributed by atoms with Crippen molar-refractivity contribution in [3.63, 3.8) is 0 Å². The van der Waals surface area contributed by atoms with Crippen molar-refractivity contribution >= 4 is 54.0 Å². The van der Waals surface area contributed by atoms with Crippen LogP contribution in [0.1, 0.15) is 0 Å². The van der Waals surface area contributed by atoms with Crippen LogP contribution in [0.3, 0.4) is 0 Å². The monoisotopic (exact) mass is 358 g/mol. The molecule has 0 amide bonds. The maximum atomic E-state index is 9.90. The molecule has 2 rings (SSSR count). The summed E-state index contributed by atoms with van der Waals surface area (Å²) in [4.78, 5) is 3.89. The van der Waals surface area contributed by atoms with Gasteiger partial charge in [-0.25, -0.2) is 0 Å². The minimum atomic E-state index is -0.367. The first kappa shape index (κ1) is 12.9. The second kappa shape index (κ2) is 4.59. The molecule has 0 radical (unpaired) electrons. The second-order valence-electron chi connectivity index (χ2n) is 3.08. The number of aromatic hydroxyl groups is 2. The third-order valence-corrected chi connectivity index (χ3v) is 5.01. The van der Waals surface area contributed by atoms with Crippen LogP contribution in [0.15, 0.2) is 6.20 Å². The number of hydrogen-bond acceptors (Lipinski definition) is 4. The number of nitrogens with two attached hydrogens (primary N) is 1. The predicted octanol–water partition coefficient (Wildman–Crippen LogP) is 2.76. The van der Waals surface area contributed by atoms with Crippen LogP contribution in [0.5, 0.6) is 11.5 Å². The molecular formula is C9H5Cl3N2O2Se. The molecule has 0 saturated carbocycles. The van der Waals surface area contributed by atoms with E-state index in [1.165, 1.54) is 6.20 Å². The topological polar surface area (TPSA) is 79.4 Å². The number of aromatic nitrogens is 1. The number of hydrogen-bond donors (Lipinski definition) is 3. The number of phenols is 2. The average Bonchev–Trinajstić information content (AvgIpc) is 2.71. The Balaban J connectivity index is 2.78. The zero-order valence-electron chi connectivity index (χ0n) is 8.04. The van der Waals surface area contributed by atoms with E-state index in [1.54, 1.807) is 0 Å². The molecule has 4 N–H and O–H groups in total. The minimum absolute atomic E-state index is 0.0603. The summed E-state index contributed by atoms with van der Waals surface area (Å²) < 4.78 is 1.08. The zero-order valence-corrected chi connectivity index (χ0v) is 12.0. The summed E-state index contributed by atoms with van der Waals surface area (Å²) >= 11 is 17.2. The fourth-order valence-corrected chi connectivity index (χ4v) is 3.64. The van der Waals surface area contributed by atoms with E-state index in [-0.39, 0.29) is 46.6 Å². The molecule has 1 aromatic carbocycles. The van der Waals surface area contributed by atoms with Gasteiger partial charge in [0.1, 0.15) is 0 Å². The van der Waals surface area contributed by atoms with Crippen LogP contribution in [-0.2, 0) is 0 Å². The van der Waals surface area contributed by atoms with Gasteiger partial charge < -0.3 is 0 Å². The predicted molar refractivity (Wildman–Crippen MR) is 69.4 cm³/mol. The summed E-state index contributed by atoms with van der Waals surface area (Å²) in [5.41, 5.74) is 5.77. The van der Waals surface area contributed by atoms with Gasteiger partial charge in [-0.05, 0) is 0 Å². The molecule has 8 heteroatoms. The van der Waals surface area contributed by atoms with Crippen molar-refractivity contribution in [2.24, 2.45) is 0 Å². The van der Waals surface area contributed by atoms with Crippen LogP contribution in [0.2, 0.25) is 15.1 Å². The molecule has 17 heavy (non-hydrogen) atoms. The molecule has 1 aromatic heterocycles. The van der Waals surface area contributed by atoms with Crippen LogP contribution in [0.25, 0.3) is 10.0 Å². The van der Waals surface area contributed by atoms with Gasteiger partial charge in [0.2, 0.25) is 0 Å². The first-order valence-electron chi connectivity index (χ1n) is 4.23. The Morgan fingerprint density at radius 1 is 1.06 bits per heavy atom. The third kappa shape index (κ3) is 2.09. The first-order valence-corrected chi connectivity index (χ1v) is 7.08. The third-order valence-electron chi connectivity index (χ3n) is 2.04. The number of phenolic OH excluding ortho intramolecular Hbond substituents is 2. The molecule has 0 unspecified atom stereocenters. The second-order valence-corrected chi connectivity index (χ2v) is 6.44. The average molecular weight is 358 g/mol. The van der Waals surface area contributed by atoms with Gasteiger partial charge in [0.15, 0.2) is 0 Å². The van der Waals surface area contributed by atoms with Crippen molar-refractivity contribution in [3.05, 3.63) is 21.3 Å². The van der Waals surface area contributed by atoms with Crippen LogP contribution in [0, 0.1) is 0 Å². The van der Waals surface area contributed by atoms with Gasteiger partial charge in [-0.2, -0.15) is 0 Å². The Hall–Kier alpha value is -0.581. The summed E-state index contributed by atoms with van der Waals surface area (Å²) in [6.45, 7) is 0. The standard InChI is InChI=1S/C9H5Cl3N2O2Se/c10-4-3(2-1-14-9(13)17-2)7(15)5(11)6(12)8(4)16/h1,15-16H,(H2,13,14). The fourth-order valence-electron chi connectivity index (χ4n) is 1.26. The van der Waals surface area contributed by atoms with Crippen molar-refractivity contribution in [2.75, 3.05) is 5.73 Å². The number of benzene rings is 1. The van der Waals surface area contributed by atoms with Crippen molar-refractivity contribution in [1.82, 2.24) is 4.98 Å². The Morgan fingerprint density at radius 3 is 2.18 bits per heavy atom. The maximum absolute atomic E-state index is 9.90. The van der Waals surface area contributed by atoms with Gasteiger partial charge in [-0.3, -0.25) is 0 Å². The quantitative estimate of drug-likeness (QED) is 0.416. The SMILES string of the molecule is Nc1ncc(-c2c(O)c(Cl)c(Cl)c(O)c2Cl)[se]1. The van der Waals surface area contributed by atoms with Crippen molar-refractivity contribution in [2.45, 2.75) is 0 Å². The molecule has 1 heterocycles. The molecule has 0 aliphatic heterocycles. The van der Waals surface area contributed by atoms with Crippen molar-refractivity contribution in [1.29, 1.82) is 0 Å². The van der Waals surface area contributed by atoms with E-state index in [4.69, 9.17) is 40.5 Å². The van der Waals surface area contributed by atoms with Gasteiger partial charge >= 0.3 is 118 Å². The summed E-state index contributed by atoms with van der Waals surface area (Å²) in [5, 5.41) is 19.2. The summed E-state index contributed by atoms with van der Waals surface area (Å²) in [6.07, 6.45) is 1.49. The van der Waals surface area contributed by atoms with Gasteiger partial charge in [-0.15, -0.1) is 0 Å². The zero-order chi connectivity index (χ0) is 12.7. The van der Waals surface area contributed by atoms with Crippen LogP contribution in [0.4, 0.5) is 4.69 Å². The van der Waals surface area contributed by atoms with E-state index in [1.807, 2.05) is 0 Å². The summed E-state index contributed by atoms with van der Waals surface area (Å²) in [7, 11) is 0. The van der Waals surface area contributed by atoms with Gasteiger partial charge in [0.25, 0.3) is 0 Å². The molecule has 0 spiro atoms. The molecule has 90 valence electrons. The molecule has 0 fully saturated rings. The Bertz CT molecular complexity index is 571. The number of nitrogens with zero attached hydrogens (tertiary/aromatic N) is 1. The summed E-state index contributed by atoms with van der Waals surface area (Å²) in [5.74, 6) is -0.647. The van der Waals surface area contributed by atoms with Gasteiger partial charge in [0.05, 0.1) is 0 Å². The van der Waals surface area contributed by atoms with E-state index in [0.717, 1.165) is 0 Å². The Kier molecular flexibility index (Phi) is 3.48. The summed E-state index contributed by atoms with van der Waals surface area (Å²) in [6, 6.07) is 0. The fraction of sp³-hybridized carbons (Fsp3) is 0. The Labute approximate surface area is 117 Å². The molecule has 0 aliphatic rings.